The fourth-order valence-corrected chi connectivity index (χ4v) is 6.53. The van der Waals surface area contributed by atoms with Crippen molar-refractivity contribution in [3.63, 3.8) is 0 Å². The summed E-state index contributed by atoms with van der Waals surface area (Å²) >= 11 is 6.47. The maximum Gasteiger partial charge on any atom is 0.231 e. The van der Waals surface area contributed by atoms with E-state index >= 15 is 0 Å². The van der Waals surface area contributed by atoms with Crippen molar-refractivity contribution >= 4 is 33.3 Å². The second-order valence-electron chi connectivity index (χ2n) is 9.19. The molecule has 37 heavy (non-hydrogen) atoms. The Hall–Kier alpha value is -3.11. The van der Waals surface area contributed by atoms with Gasteiger partial charge in [0.1, 0.15) is 6.17 Å². The first-order valence-corrected chi connectivity index (χ1v) is 13.8. The number of piperidine rings is 1. The van der Waals surface area contributed by atoms with E-state index in [1.54, 1.807) is 17.1 Å². The van der Waals surface area contributed by atoms with Gasteiger partial charge in [-0.1, -0.05) is 17.7 Å². The number of sulfonamides is 1. The second kappa shape index (κ2) is 10.3. The maximum atomic E-state index is 15.0. The van der Waals surface area contributed by atoms with Gasteiger partial charge in [0.15, 0.2) is 0 Å². The summed E-state index contributed by atoms with van der Waals surface area (Å²) in [6.45, 7) is 8.26. The average Bonchev–Trinajstić information content (AvgIpc) is 3.64. The molecular formula is C24H26ClFN8O2S. The van der Waals surface area contributed by atoms with E-state index in [1.165, 1.54) is 10.5 Å². The number of nitrogens with one attached hydrogen (secondary N) is 2. The molecule has 1 aliphatic carbocycles. The zero-order valence-corrected chi connectivity index (χ0v) is 21.7. The normalized spacial score (nSPS) is 20.5. The average molecular weight is 545 g/mol. The van der Waals surface area contributed by atoms with E-state index in [1.807, 2.05) is 25.2 Å². The molecule has 194 valence electrons. The van der Waals surface area contributed by atoms with Crippen LogP contribution in [0.25, 0.3) is 21.8 Å². The molecule has 2 fully saturated rings. The van der Waals surface area contributed by atoms with E-state index < -0.39 is 22.2 Å². The lowest BCUT2D eigenvalue weighted by Crippen LogP contribution is -2.50. The van der Waals surface area contributed by atoms with Crippen molar-refractivity contribution in [2.75, 3.05) is 25.5 Å². The number of rotatable bonds is 8. The Balaban J connectivity index is 1.34. The molecule has 2 N–H and O–H groups in total. The monoisotopic (exact) mass is 544 g/mol. The molecule has 2 atom stereocenters. The van der Waals surface area contributed by atoms with E-state index in [2.05, 4.69) is 30.5 Å². The lowest BCUT2D eigenvalue weighted by Gasteiger charge is -2.34. The molecule has 1 saturated carbocycles. The van der Waals surface area contributed by atoms with Crippen LogP contribution in [0.4, 0.5) is 16.0 Å². The van der Waals surface area contributed by atoms with Gasteiger partial charge < -0.3 is 10.6 Å². The molecule has 1 aliphatic heterocycles. The standard InChI is InChI=1S/C24H26ClFN8O2S/c1-27-10-15-3-6-22(18(25)9-15)34-13-16(11-30-34)23-21(28-2)12-29-24(32-23)31-20-7-8-33(14-19(20)26)37(35,36)17-4-5-17/h3,6,9,11-13,17,19-20,27H,4-5,7-8,10,14H2,1H3,(H,29,31,32)/t19-,20+/m1/s1. The Kier molecular flexibility index (Phi) is 7.13. The number of alkyl halides is 1. The van der Waals surface area contributed by atoms with Crippen molar-refractivity contribution in [3.05, 3.63) is 58.8 Å². The van der Waals surface area contributed by atoms with Crippen molar-refractivity contribution in [1.29, 1.82) is 0 Å². The summed E-state index contributed by atoms with van der Waals surface area (Å²) in [5.41, 5.74) is 2.87. The van der Waals surface area contributed by atoms with Gasteiger partial charge in [0.25, 0.3) is 0 Å². The van der Waals surface area contributed by atoms with Gasteiger partial charge in [0.05, 0.1) is 40.5 Å². The van der Waals surface area contributed by atoms with Gasteiger partial charge in [-0.15, -0.1) is 0 Å². The van der Waals surface area contributed by atoms with Crippen LogP contribution in [0.5, 0.6) is 0 Å². The van der Waals surface area contributed by atoms with Crippen LogP contribution >= 0.6 is 11.6 Å². The third-order valence-corrected chi connectivity index (χ3v) is 9.18. The van der Waals surface area contributed by atoms with Gasteiger partial charge in [0.2, 0.25) is 21.7 Å². The van der Waals surface area contributed by atoms with E-state index in [-0.39, 0.29) is 36.4 Å². The topological polar surface area (TPSA) is 109 Å². The molecule has 0 unspecified atom stereocenters. The Morgan fingerprint density at radius 2 is 2.08 bits per heavy atom. The Morgan fingerprint density at radius 3 is 2.76 bits per heavy atom. The minimum Gasteiger partial charge on any atom is -0.349 e. The highest BCUT2D eigenvalue weighted by atomic mass is 35.5. The van der Waals surface area contributed by atoms with Gasteiger partial charge in [-0.25, -0.2) is 32.3 Å². The van der Waals surface area contributed by atoms with E-state index in [9.17, 15) is 12.8 Å². The van der Waals surface area contributed by atoms with Gasteiger partial charge in [-0.05, 0) is 44.0 Å². The number of halogens is 2. The third kappa shape index (κ3) is 5.31. The number of benzene rings is 1. The quantitative estimate of drug-likeness (QED) is 0.417. The SMILES string of the molecule is [C-]#[N+]c1cnc(N[C@H]2CCN(S(=O)(=O)C3CC3)C[C@H]2F)nc1-c1cnn(-c2ccc(CNC)cc2Cl)c1. The fraction of sp³-hybridized carbons (Fsp3) is 0.417. The van der Waals surface area contributed by atoms with Crippen LogP contribution in [0.2, 0.25) is 5.02 Å². The van der Waals surface area contributed by atoms with Crippen LogP contribution in [0, 0.1) is 6.57 Å². The zero-order valence-electron chi connectivity index (χ0n) is 20.1. The maximum absolute atomic E-state index is 15.0. The van der Waals surface area contributed by atoms with E-state index in [0.717, 1.165) is 5.56 Å². The summed E-state index contributed by atoms with van der Waals surface area (Å²) in [6.07, 6.45) is 4.85. The number of nitrogens with zero attached hydrogens (tertiary/aromatic N) is 6. The molecule has 3 aromatic rings. The molecule has 1 aromatic carbocycles. The highest BCUT2D eigenvalue weighted by Crippen LogP contribution is 2.34. The van der Waals surface area contributed by atoms with Crippen molar-refractivity contribution in [2.45, 2.75) is 43.3 Å². The summed E-state index contributed by atoms with van der Waals surface area (Å²) in [6, 6.07) is 5.03. The molecular weight excluding hydrogens is 519 g/mol. The lowest BCUT2D eigenvalue weighted by atomic mass is 10.1. The molecule has 0 bridgehead atoms. The second-order valence-corrected chi connectivity index (χ2v) is 11.8. The molecule has 10 nitrogen and oxygen atoms in total. The summed E-state index contributed by atoms with van der Waals surface area (Å²) in [5.74, 6) is 0.163. The molecule has 0 spiro atoms. The molecule has 13 heteroatoms. The summed E-state index contributed by atoms with van der Waals surface area (Å²) < 4.78 is 42.8. The molecule has 1 saturated heterocycles. The van der Waals surface area contributed by atoms with Crippen LogP contribution in [0.3, 0.4) is 0 Å². The first-order valence-electron chi connectivity index (χ1n) is 11.9. The smallest absolute Gasteiger partial charge is 0.231 e. The van der Waals surface area contributed by atoms with Crippen LogP contribution in [-0.4, -0.2) is 70.1 Å². The zero-order chi connectivity index (χ0) is 26.2. The van der Waals surface area contributed by atoms with E-state index in [4.69, 9.17) is 18.2 Å². The molecule has 5 rings (SSSR count). The van der Waals surface area contributed by atoms with Crippen molar-refractivity contribution < 1.29 is 12.8 Å². The molecule has 0 amide bonds. The molecule has 0 radical (unpaired) electrons. The van der Waals surface area contributed by atoms with Gasteiger partial charge >= 0.3 is 0 Å². The predicted octanol–water partition coefficient (Wildman–Crippen LogP) is 3.57. The minimum absolute atomic E-state index is 0.163. The largest absolute Gasteiger partial charge is 0.349 e. The van der Waals surface area contributed by atoms with Crippen LogP contribution in [-0.2, 0) is 16.6 Å². The number of hydrogen-bond acceptors (Lipinski definition) is 7. The molecule has 3 heterocycles. The highest BCUT2D eigenvalue weighted by molar-refractivity contribution is 7.90. The van der Waals surface area contributed by atoms with Crippen molar-refractivity contribution in [1.82, 2.24) is 29.4 Å². The van der Waals surface area contributed by atoms with Gasteiger partial charge in [-0.2, -0.15) is 9.40 Å². The minimum atomic E-state index is -3.42. The number of hydrogen-bond donors (Lipinski definition) is 2. The van der Waals surface area contributed by atoms with E-state index in [0.29, 0.717) is 41.4 Å². The van der Waals surface area contributed by atoms with Crippen LogP contribution in [0.15, 0.2) is 36.8 Å². The summed E-state index contributed by atoms with van der Waals surface area (Å²) in [4.78, 5) is 12.2. The Morgan fingerprint density at radius 1 is 1.27 bits per heavy atom. The van der Waals surface area contributed by atoms with Crippen LogP contribution in [0.1, 0.15) is 24.8 Å². The predicted molar refractivity (Wildman–Crippen MR) is 139 cm³/mol. The number of anilines is 1. The summed E-state index contributed by atoms with van der Waals surface area (Å²) in [7, 11) is -1.56. The van der Waals surface area contributed by atoms with Crippen LogP contribution < -0.4 is 10.6 Å². The first-order chi connectivity index (χ1) is 17.8. The lowest BCUT2D eigenvalue weighted by molar-refractivity contribution is 0.185. The highest BCUT2D eigenvalue weighted by Gasteiger charge is 2.43. The fourth-order valence-electron chi connectivity index (χ4n) is 4.38. The Labute approximate surface area is 219 Å². The van der Waals surface area contributed by atoms with Gasteiger partial charge in [-0.3, -0.25) is 0 Å². The van der Waals surface area contributed by atoms with Crippen molar-refractivity contribution in [2.24, 2.45) is 0 Å². The van der Waals surface area contributed by atoms with Gasteiger partial charge in [0, 0.05) is 37.6 Å². The Bertz CT molecular complexity index is 1450. The molecule has 2 aromatic heterocycles. The molecule has 2 aliphatic rings. The summed E-state index contributed by atoms with van der Waals surface area (Å²) in [5, 5.41) is 10.6. The first kappa shape index (κ1) is 25.5. The third-order valence-electron chi connectivity index (χ3n) is 6.51. The number of aromatic nitrogens is 4. The van der Waals surface area contributed by atoms with Crippen molar-refractivity contribution in [3.8, 4) is 16.9 Å².